The number of hydrogen-bond donors (Lipinski definition) is 0. The Morgan fingerprint density at radius 1 is 0.571 bits per heavy atom. The van der Waals surface area contributed by atoms with Crippen LogP contribution in [0.15, 0.2) is 107 Å². The number of rotatable bonds is 8. The molecule has 2 bridgehead atoms. The molecule has 6 rings (SSSR count). The first-order valence-electron chi connectivity index (χ1n) is 17.2. The summed E-state index contributed by atoms with van der Waals surface area (Å²) < 4.78 is 32.3. The summed E-state index contributed by atoms with van der Waals surface area (Å²) in [6.45, 7) is 12.4. The maximum absolute atomic E-state index is 6.56. The van der Waals surface area contributed by atoms with Gasteiger partial charge in [0.2, 0.25) is 0 Å². The largest absolute Gasteiger partial charge is 0.702 e. The summed E-state index contributed by atoms with van der Waals surface area (Å²) in [6, 6.07) is 31.7. The summed E-state index contributed by atoms with van der Waals surface area (Å²) in [6.07, 6.45) is 3.69. The van der Waals surface area contributed by atoms with E-state index in [1.165, 1.54) is 0 Å². The quantitative estimate of drug-likeness (QED) is 0.185. The van der Waals surface area contributed by atoms with Crippen molar-refractivity contribution >= 4 is 38.4 Å². The molecular formula is C38H44B2N4O5. The molecule has 0 N–H and O–H groups in total. The van der Waals surface area contributed by atoms with Gasteiger partial charge >= 0.3 is 14.6 Å². The van der Waals surface area contributed by atoms with E-state index in [0.717, 1.165) is 59.8 Å². The molecule has 0 saturated heterocycles. The second-order valence-electron chi connectivity index (χ2n) is 11.8. The van der Waals surface area contributed by atoms with E-state index in [1.807, 2.05) is 97.4 Å². The van der Waals surface area contributed by atoms with Crippen molar-refractivity contribution in [3.05, 3.63) is 119 Å². The molecular weight excluding hydrogens is 614 g/mol. The lowest BCUT2D eigenvalue weighted by atomic mass is 10.0. The SMILES string of the molecule is CCN(CC)c1ccc2c(c1)C=N[C@H](c1ccccc1)COB1OB(OC[C@@H](c3ccccc3)N=Cc3ccc(N(CC)CC)cc3O1)O2. The first-order chi connectivity index (χ1) is 24.1. The van der Waals surface area contributed by atoms with Gasteiger partial charge in [-0.1, -0.05) is 60.7 Å². The minimum atomic E-state index is -1.18. The van der Waals surface area contributed by atoms with Crippen LogP contribution in [-0.4, -0.2) is 66.5 Å². The van der Waals surface area contributed by atoms with Crippen LogP contribution in [-0.2, 0) is 13.9 Å². The second-order valence-corrected chi connectivity index (χ2v) is 11.8. The Balaban J connectivity index is 1.43. The van der Waals surface area contributed by atoms with Crippen LogP contribution in [0.25, 0.3) is 0 Å². The number of nitrogens with zero attached hydrogens (tertiary/aromatic N) is 4. The number of anilines is 2. The summed E-state index contributed by atoms with van der Waals surface area (Å²) in [5, 5.41) is 0. The van der Waals surface area contributed by atoms with Crippen molar-refractivity contribution in [2.24, 2.45) is 9.98 Å². The van der Waals surface area contributed by atoms with Gasteiger partial charge in [-0.2, -0.15) is 0 Å². The average molecular weight is 658 g/mol. The fourth-order valence-corrected chi connectivity index (χ4v) is 6.03. The highest BCUT2D eigenvalue weighted by Gasteiger charge is 2.39. The first-order valence-corrected chi connectivity index (χ1v) is 17.2. The van der Waals surface area contributed by atoms with Crippen molar-refractivity contribution in [1.29, 1.82) is 0 Å². The predicted molar refractivity (Wildman–Crippen MR) is 199 cm³/mol. The third kappa shape index (κ3) is 8.54. The molecule has 2 atom stereocenters. The van der Waals surface area contributed by atoms with Gasteiger partial charge in [0, 0.05) is 67.2 Å². The topological polar surface area (TPSA) is 77.4 Å². The third-order valence-electron chi connectivity index (χ3n) is 8.85. The maximum atomic E-state index is 6.56. The van der Waals surface area contributed by atoms with Crippen molar-refractivity contribution in [2.45, 2.75) is 39.8 Å². The van der Waals surface area contributed by atoms with Gasteiger partial charge in [-0.05, 0) is 69.2 Å². The van der Waals surface area contributed by atoms with Crippen LogP contribution in [0.3, 0.4) is 0 Å². The van der Waals surface area contributed by atoms with E-state index >= 15 is 0 Å². The van der Waals surface area contributed by atoms with Gasteiger partial charge in [-0.3, -0.25) is 9.98 Å². The monoisotopic (exact) mass is 658 g/mol. The Bertz CT molecular complexity index is 1700. The molecule has 0 aliphatic carbocycles. The maximum Gasteiger partial charge on any atom is 0.702 e. The Labute approximate surface area is 290 Å². The van der Waals surface area contributed by atoms with Gasteiger partial charge in [0.05, 0.1) is 25.3 Å². The molecule has 0 spiro atoms. The van der Waals surface area contributed by atoms with Gasteiger partial charge in [-0.15, -0.1) is 0 Å². The minimum Gasteiger partial charge on any atom is -0.512 e. The highest BCUT2D eigenvalue weighted by atomic mass is 16.8. The van der Waals surface area contributed by atoms with E-state index in [-0.39, 0.29) is 25.3 Å². The van der Waals surface area contributed by atoms with Crippen LogP contribution in [0.2, 0.25) is 0 Å². The van der Waals surface area contributed by atoms with Gasteiger partial charge < -0.3 is 33.0 Å². The van der Waals surface area contributed by atoms with Crippen molar-refractivity contribution in [3.8, 4) is 11.5 Å². The normalized spacial score (nSPS) is 17.8. The zero-order chi connectivity index (χ0) is 34.0. The van der Waals surface area contributed by atoms with Crippen molar-refractivity contribution in [3.63, 3.8) is 0 Å². The highest BCUT2D eigenvalue weighted by Crippen LogP contribution is 2.31. The Kier molecular flexibility index (Phi) is 11.7. The average Bonchev–Trinajstić information content (AvgIpc) is 3.19. The van der Waals surface area contributed by atoms with Crippen LogP contribution in [0.1, 0.15) is 62.0 Å². The van der Waals surface area contributed by atoms with Crippen LogP contribution in [0.4, 0.5) is 11.4 Å². The van der Waals surface area contributed by atoms with Gasteiger partial charge in [0.15, 0.2) is 0 Å². The van der Waals surface area contributed by atoms with E-state index in [9.17, 15) is 0 Å². The molecule has 0 amide bonds. The summed E-state index contributed by atoms with van der Waals surface area (Å²) in [5.41, 5.74) is 5.71. The molecule has 4 aromatic rings. The van der Waals surface area contributed by atoms with Crippen molar-refractivity contribution < 1.29 is 23.2 Å². The van der Waals surface area contributed by atoms with E-state index in [4.69, 9.17) is 33.2 Å². The van der Waals surface area contributed by atoms with E-state index in [1.54, 1.807) is 0 Å². The fraction of sp³-hybridized carbons (Fsp3) is 0.316. The number of fused-ring (bicyclic) bond motifs is 4. The molecule has 2 heterocycles. The lowest BCUT2D eigenvalue weighted by Crippen LogP contribution is -2.43. The van der Waals surface area contributed by atoms with E-state index in [2.05, 4.69) is 49.6 Å². The molecule has 4 aromatic carbocycles. The van der Waals surface area contributed by atoms with E-state index < -0.39 is 14.6 Å². The zero-order valence-corrected chi connectivity index (χ0v) is 28.8. The standard InChI is InChI=1S/C38H44B2N4O5/c1-5-43(6-2)33-21-22-37-32(23-33)26-42-36(30-17-13-10-14-18-30)28-46-40-48-38-24-34(44(7-3)8-4)20-19-31(38)25-41-35(27-45-39(47-37)49-40)29-15-11-9-12-16-29/h9-26,35-36H,5-8,27-28H2,1-4H3/t35-,36-/m0/s1. The van der Waals surface area contributed by atoms with Crippen molar-refractivity contribution in [2.75, 3.05) is 49.2 Å². The summed E-state index contributed by atoms with van der Waals surface area (Å²) in [7, 11) is -2.37. The Morgan fingerprint density at radius 3 is 1.61 bits per heavy atom. The summed E-state index contributed by atoms with van der Waals surface area (Å²) in [4.78, 5) is 14.6. The fourth-order valence-electron chi connectivity index (χ4n) is 6.03. The number of benzene rings is 4. The molecule has 0 aromatic heterocycles. The molecule has 0 saturated carbocycles. The molecule has 2 aliphatic rings. The van der Waals surface area contributed by atoms with Gasteiger partial charge in [-0.25, -0.2) is 0 Å². The molecule has 9 nitrogen and oxygen atoms in total. The van der Waals surface area contributed by atoms with Crippen LogP contribution in [0.5, 0.6) is 11.5 Å². The van der Waals surface area contributed by atoms with Crippen molar-refractivity contribution in [1.82, 2.24) is 0 Å². The molecule has 11 heteroatoms. The Hall–Kier alpha value is -4.57. The van der Waals surface area contributed by atoms with Gasteiger partial charge in [0.1, 0.15) is 11.5 Å². The molecule has 252 valence electrons. The number of hydrogen-bond acceptors (Lipinski definition) is 9. The molecule has 0 unspecified atom stereocenters. The van der Waals surface area contributed by atoms with Crippen LogP contribution < -0.4 is 19.1 Å². The van der Waals surface area contributed by atoms with Crippen LogP contribution in [0, 0.1) is 0 Å². The molecule has 2 aliphatic heterocycles. The second kappa shape index (κ2) is 16.7. The third-order valence-corrected chi connectivity index (χ3v) is 8.85. The Morgan fingerprint density at radius 2 is 1.06 bits per heavy atom. The lowest BCUT2D eigenvalue weighted by Gasteiger charge is -2.24. The molecule has 0 radical (unpaired) electrons. The van der Waals surface area contributed by atoms with Crippen LogP contribution >= 0.6 is 0 Å². The lowest BCUT2D eigenvalue weighted by molar-refractivity contribution is 0.134. The van der Waals surface area contributed by atoms with Gasteiger partial charge in [0.25, 0.3) is 0 Å². The van der Waals surface area contributed by atoms with E-state index in [0.29, 0.717) is 11.5 Å². The smallest absolute Gasteiger partial charge is 0.512 e. The summed E-state index contributed by atoms with van der Waals surface area (Å²) >= 11 is 0. The molecule has 0 fully saturated rings. The first kappa shape index (κ1) is 34.3. The zero-order valence-electron chi connectivity index (χ0n) is 28.8. The number of aliphatic imine (C=N–C) groups is 2. The predicted octanol–water partition coefficient (Wildman–Crippen LogP) is 7.20. The summed E-state index contributed by atoms with van der Waals surface area (Å²) in [5.74, 6) is 1.14. The molecule has 49 heavy (non-hydrogen) atoms. The minimum absolute atomic E-state index is 0.189. The highest BCUT2D eigenvalue weighted by molar-refractivity contribution is 6.53.